The highest BCUT2D eigenvalue weighted by atomic mass is 16.3. The monoisotopic (exact) mass is 278 g/mol. The van der Waals surface area contributed by atoms with Crippen LogP contribution in [0.25, 0.3) is 0 Å². The minimum absolute atomic E-state index is 0.119. The molecule has 21 heavy (non-hydrogen) atoms. The van der Waals surface area contributed by atoms with Gasteiger partial charge in [0.25, 0.3) is 0 Å². The highest BCUT2D eigenvalue weighted by Crippen LogP contribution is 2.58. The van der Waals surface area contributed by atoms with E-state index in [2.05, 4.69) is 35.0 Å². The number of aromatic hydroxyl groups is 2. The molecule has 0 saturated heterocycles. The number of phenolic OH excluding ortho intramolecular Hbond substituents is 2. The fraction of sp³-hybridized carbons (Fsp3) is 0.278. The normalized spacial score (nSPS) is 30.9. The van der Waals surface area contributed by atoms with Gasteiger partial charge in [-0.3, -0.25) is 0 Å². The molecule has 2 aromatic rings. The summed E-state index contributed by atoms with van der Waals surface area (Å²) in [5.74, 6) is 1.67. The topological polar surface area (TPSA) is 44.3 Å². The van der Waals surface area contributed by atoms with Crippen molar-refractivity contribution in [2.24, 2.45) is 11.8 Å². The number of allylic oxidation sites excluding steroid dienone is 2. The van der Waals surface area contributed by atoms with Gasteiger partial charge in [0.1, 0.15) is 11.5 Å². The average Bonchev–Trinajstić information content (AvgIpc) is 3.00. The lowest BCUT2D eigenvalue weighted by molar-refractivity contribution is -0.739. The summed E-state index contributed by atoms with van der Waals surface area (Å²) in [5.41, 5.74) is 3.09. The van der Waals surface area contributed by atoms with Crippen molar-refractivity contribution in [2.75, 3.05) is 0 Å². The van der Waals surface area contributed by atoms with E-state index >= 15 is 0 Å². The van der Waals surface area contributed by atoms with Crippen LogP contribution in [0.1, 0.15) is 35.2 Å². The van der Waals surface area contributed by atoms with Crippen LogP contribution in [0.2, 0.25) is 0 Å². The summed E-state index contributed by atoms with van der Waals surface area (Å²) in [4.78, 5) is 0. The number of pyridine rings is 1. The van der Waals surface area contributed by atoms with Crippen LogP contribution in [0, 0.1) is 11.8 Å². The minimum Gasteiger partial charge on any atom is -0.508 e. The molecule has 2 bridgehead atoms. The van der Waals surface area contributed by atoms with Crippen molar-refractivity contribution in [3.05, 3.63) is 65.5 Å². The van der Waals surface area contributed by atoms with E-state index in [0.717, 1.165) is 17.5 Å². The van der Waals surface area contributed by atoms with E-state index in [1.54, 1.807) is 12.1 Å². The van der Waals surface area contributed by atoms with Crippen molar-refractivity contribution >= 4 is 0 Å². The van der Waals surface area contributed by atoms with Gasteiger partial charge >= 0.3 is 0 Å². The maximum Gasteiger partial charge on any atom is 0.191 e. The van der Waals surface area contributed by atoms with Crippen LogP contribution in [0.4, 0.5) is 0 Å². The van der Waals surface area contributed by atoms with E-state index in [0.29, 0.717) is 23.3 Å². The number of hydrogen-bond donors (Lipinski definition) is 2. The minimum atomic E-state index is 0.119. The maximum absolute atomic E-state index is 10.4. The Balaban J connectivity index is 1.90. The fourth-order valence-electron chi connectivity index (χ4n) is 4.72. The lowest BCUT2D eigenvalue weighted by Gasteiger charge is -2.43. The molecule has 0 radical (unpaired) electrons. The first kappa shape index (κ1) is 11.4. The van der Waals surface area contributed by atoms with Crippen molar-refractivity contribution in [2.45, 2.75) is 18.4 Å². The molecule has 2 aliphatic carbocycles. The predicted molar refractivity (Wildman–Crippen MR) is 77.1 cm³/mol. The Bertz CT molecular complexity index is 796. The van der Waals surface area contributed by atoms with Crippen LogP contribution in [0.5, 0.6) is 11.5 Å². The van der Waals surface area contributed by atoms with Gasteiger partial charge < -0.3 is 10.2 Å². The van der Waals surface area contributed by atoms with Crippen LogP contribution in [0.15, 0.2) is 48.7 Å². The molecular weight excluding hydrogens is 262 g/mol. The number of phenols is 2. The largest absolute Gasteiger partial charge is 0.508 e. The fourth-order valence-corrected chi connectivity index (χ4v) is 4.72. The summed E-state index contributed by atoms with van der Waals surface area (Å²) in [5, 5.41) is 20.8. The molecule has 2 N–H and O–H groups in total. The molecule has 1 aromatic heterocycles. The van der Waals surface area contributed by atoms with Crippen molar-refractivity contribution in [1.82, 2.24) is 0 Å². The summed E-state index contributed by atoms with van der Waals surface area (Å²) in [7, 11) is 0. The Labute approximate surface area is 122 Å². The number of benzene rings is 1. The molecule has 104 valence electrons. The number of hydrogen-bond acceptors (Lipinski definition) is 2. The Kier molecular flexibility index (Phi) is 1.99. The van der Waals surface area contributed by atoms with E-state index in [9.17, 15) is 10.2 Å². The zero-order valence-corrected chi connectivity index (χ0v) is 11.5. The van der Waals surface area contributed by atoms with Gasteiger partial charge in [0, 0.05) is 29.5 Å². The van der Waals surface area contributed by atoms with Crippen LogP contribution in [-0.2, 0) is 0 Å². The Morgan fingerprint density at radius 2 is 1.81 bits per heavy atom. The SMILES string of the molecule is Oc1ccc(O)c2c1C1c3cccc[n+]3C2C2CC=CC12. The van der Waals surface area contributed by atoms with E-state index < -0.39 is 0 Å². The first-order chi connectivity index (χ1) is 10.3. The third kappa shape index (κ3) is 1.23. The van der Waals surface area contributed by atoms with Crippen LogP contribution in [-0.4, -0.2) is 10.2 Å². The van der Waals surface area contributed by atoms with Crippen LogP contribution < -0.4 is 4.57 Å². The molecule has 4 unspecified atom stereocenters. The second-order valence-corrected chi connectivity index (χ2v) is 6.29. The first-order valence-corrected chi connectivity index (χ1v) is 7.49. The zero-order valence-electron chi connectivity index (χ0n) is 11.5. The second-order valence-electron chi connectivity index (χ2n) is 6.29. The molecule has 0 saturated carbocycles. The Morgan fingerprint density at radius 1 is 1.00 bits per heavy atom. The van der Waals surface area contributed by atoms with Crippen molar-refractivity contribution in [3.8, 4) is 11.5 Å². The Hall–Kier alpha value is -2.29. The summed E-state index contributed by atoms with van der Waals surface area (Å²) in [6.45, 7) is 0. The Morgan fingerprint density at radius 3 is 2.67 bits per heavy atom. The van der Waals surface area contributed by atoms with Gasteiger partial charge in [-0.05, 0) is 18.6 Å². The van der Waals surface area contributed by atoms with Gasteiger partial charge in [-0.15, -0.1) is 0 Å². The van der Waals surface area contributed by atoms with E-state index in [1.807, 2.05) is 6.07 Å². The summed E-state index contributed by atoms with van der Waals surface area (Å²) >= 11 is 0. The smallest absolute Gasteiger partial charge is 0.191 e. The molecule has 1 aromatic carbocycles. The number of aromatic nitrogens is 1. The lowest BCUT2D eigenvalue weighted by Crippen LogP contribution is -2.57. The molecule has 3 nitrogen and oxygen atoms in total. The molecular formula is C18H16NO2+. The van der Waals surface area contributed by atoms with Gasteiger partial charge in [0.2, 0.25) is 0 Å². The molecule has 0 amide bonds. The molecule has 4 atom stereocenters. The van der Waals surface area contributed by atoms with E-state index in [4.69, 9.17) is 0 Å². The third-order valence-corrected chi connectivity index (χ3v) is 5.44. The van der Waals surface area contributed by atoms with E-state index in [-0.39, 0.29) is 12.0 Å². The van der Waals surface area contributed by atoms with Gasteiger partial charge in [0.15, 0.2) is 17.9 Å². The molecule has 0 fully saturated rings. The zero-order chi connectivity index (χ0) is 14.1. The predicted octanol–water partition coefficient (Wildman–Crippen LogP) is 2.63. The lowest BCUT2D eigenvalue weighted by atomic mass is 9.63. The summed E-state index contributed by atoms with van der Waals surface area (Å²) in [6.07, 6.45) is 7.70. The first-order valence-electron chi connectivity index (χ1n) is 7.49. The molecule has 6 rings (SSSR count). The summed E-state index contributed by atoms with van der Waals surface area (Å²) < 4.78 is 2.29. The highest BCUT2D eigenvalue weighted by molar-refractivity contribution is 5.56. The van der Waals surface area contributed by atoms with Crippen LogP contribution in [0.3, 0.4) is 0 Å². The van der Waals surface area contributed by atoms with Crippen molar-refractivity contribution < 1.29 is 14.8 Å². The molecule has 0 spiro atoms. The van der Waals surface area contributed by atoms with Gasteiger partial charge in [-0.1, -0.05) is 18.2 Å². The third-order valence-electron chi connectivity index (χ3n) is 5.44. The van der Waals surface area contributed by atoms with Gasteiger partial charge in [-0.25, -0.2) is 0 Å². The van der Waals surface area contributed by atoms with E-state index in [1.165, 1.54) is 5.69 Å². The molecule has 3 heterocycles. The van der Waals surface area contributed by atoms with Gasteiger partial charge in [-0.2, -0.15) is 4.57 Å². The van der Waals surface area contributed by atoms with Crippen molar-refractivity contribution in [3.63, 3.8) is 0 Å². The molecule has 3 heteroatoms. The van der Waals surface area contributed by atoms with Crippen LogP contribution >= 0.6 is 0 Å². The quantitative estimate of drug-likeness (QED) is 0.442. The van der Waals surface area contributed by atoms with Gasteiger partial charge in [0.05, 0.1) is 11.5 Å². The molecule has 2 aliphatic heterocycles. The standard InChI is InChI=1S/C18H15NO2/c20-13-7-8-14(21)17-16(13)15-10-4-3-5-11(10)18(17)19-9-2-1-6-12(15)19/h1-4,6-11,15,18H,5H2,(H-,20,21)/p+1. The second kappa shape index (κ2) is 3.67. The summed E-state index contributed by atoms with van der Waals surface area (Å²) in [6, 6.07) is 9.60. The molecule has 4 aliphatic rings. The highest BCUT2D eigenvalue weighted by Gasteiger charge is 2.57. The number of rotatable bonds is 0. The average molecular weight is 278 g/mol. The maximum atomic E-state index is 10.4. The van der Waals surface area contributed by atoms with Crippen molar-refractivity contribution in [1.29, 1.82) is 0 Å². The number of nitrogens with zero attached hydrogens (tertiary/aromatic N) is 1.